The molecule has 0 aliphatic carbocycles. The molecule has 0 amide bonds. The lowest BCUT2D eigenvalue weighted by atomic mass is 10.1. The second-order valence-electron chi connectivity index (χ2n) is 6.59. The zero-order valence-electron chi connectivity index (χ0n) is 14.9. The van der Waals surface area contributed by atoms with Gasteiger partial charge >= 0.3 is 0 Å². The van der Waals surface area contributed by atoms with Crippen molar-refractivity contribution in [1.29, 1.82) is 0 Å². The lowest BCUT2D eigenvalue weighted by molar-refractivity contribution is 0.576. The van der Waals surface area contributed by atoms with Crippen molar-refractivity contribution in [2.45, 2.75) is 12.5 Å². The highest BCUT2D eigenvalue weighted by molar-refractivity contribution is 7.18. The van der Waals surface area contributed by atoms with Crippen LogP contribution in [0, 0.1) is 11.6 Å². The number of aromatic nitrogens is 2. The van der Waals surface area contributed by atoms with Crippen LogP contribution in [0.25, 0.3) is 21.2 Å². The van der Waals surface area contributed by atoms with Crippen molar-refractivity contribution in [2.75, 3.05) is 11.9 Å². The largest absolute Gasteiger partial charge is 0.360 e. The first-order valence-electron chi connectivity index (χ1n) is 8.81. The number of hydrogen-bond acceptors (Lipinski definition) is 5. The molecule has 28 heavy (non-hydrogen) atoms. The molecule has 142 valence electrons. The number of anilines is 1. The Hall–Kier alpha value is -2.90. The van der Waals surface area contributed by atoms with E-state index in [1.54, 1.807) is 6.20 Å². The summed E-state index contributed by atoms with van der Waals surface area (Å²) in [5, 5.41) is 6.18. The molecule has 0 fully saturated rings. The summed E-state index contributed by atoms with van der Waals surface area (Å²) in [5.41, 5.74) is 7.72. The number of nitrogens with zero attached hydrogens (tertiary/aromatic N) is 2. The lowest BCUT2D eigenvalue weighted by Gasteiger charge is -2.12. The second kappa shape index (κ2) is 8.00. The number of pyridine rings is 1. The highest BCUT2D eigenvalue weighted by Crippen LogP contribution is 2.30. The third-order valence-corrected chi connectivity index (χ3v) is 5.37. The van der Waals surface area contributed by atoms with E-state index in [1.165, 1.54) is 23.5 Å². The van der Waals surface area contributed by atoms with Crippen molar-refractivity contribution in [2.24, 2.45) is 5.73 Å². The van der Waals surface area contributed by atoms with Crippen LogP contribution in [0.4, 0.5) is 13.9 Å². The van der Waals surface area contributed by atoms with Crippen LogP contribution in [0.15, 0.2) is 61.1 Å². The van der Waals surface area contributed by atoms with Crippen molar-refractivity contribution in [1.82, 2.24) is 9.97 Å². The van der Waals surface area contributed by atoms with Crippen molar-refractivity contribution in [3.8, 4) is 10.4 Å². The van der Waals surface area contributed by atoms with Crippen molar-refractivity contribution >= 4 is 27.2 Å². The molecule has 0 unspecified atom stereocenters. The van der Waals surface area contributed by atoms with Crippen LogP contribution in [0.1, 0.15) is 5.56 Å². The number of halogens is 2. The smallest absolute Gasteiger partial charge is 0.183 e. The van der Waals surface area contributed by atoms with Crippen molar-refractivity contribution in [3.05, 3.63) is 78.3 Å². The van der Waals surface area contributed by atoms with Crippen LogP contribution in [0.5, 0.6) is 0 Å². The predicted octanol–water partition coefficient (Wildman–Crippen LogP) is 4.62. The Morgan fingerprint density at radius 1 is 1.00 bits per heavy atom. The van der Waals surface area contributed by atoms with E-state index in [2.05, 4.69) is 21.4 Å². The molecule has 0 saturated heterocycles. The molecule has 2 aromatic heterocycles. The normalized spacial score (nSPS) is 12.2. The Morgan fingerprint density at radius 2 is 1.82 bits per heavy atom. The third-order valence-electron chi connectivity index (χ3n) is 4.37. The Balaban J connectivity index is 1.40. The molecule has 0 radical (unpaired) electrons. The first-order valence-corrected chi connectivity index (χ1v) is 9.63. The van der Waals surface area contributed by atoms with Crippen LogP contribution >= 0.6 is 11.3 Å². The fraction of sp³-hybridized carbons (Fsp3) is 0.143. The van der Waals surface area contributed by atoms with Gasteiger partial charge in [-0.3, -0.25) is 4.98 Å². The Labute approximate surface area is 165 Å². The number of benzene rings is 2. The van der Waals surface area contributed by atoms with Crippen molar-refractivity contribution in [3.63, 3.8) is 0 Å². The molecule has 2 aromatic carbocycles. The van der Waals surface area contributed by atoms with Gasteiger partial charge in [0.1, 0.15) is 11.6 Å². The molecule has 0 spiro atoms. The molecule has 0 saturated carbocycles. The number of nitrogens with two attached hydrogens (primary N) is 1. The first-order chi connectivity index (χ1) is 13.6. The number of hydrogen-bond donors (Lipinski definition) is 2. The average Bonchev–Trinajstić information content (AvgIpc) is 3.14. The summed E-state index contributed by atoms with van der Waals surface area (Å²) in [5.74, 6) is -1.18. The van der Waals surface area contributed by atoms with Gasteiger partial charge in [-0.2, -0.15) is 0 Å². The molecule has 4 aromatic rings. The minimum atomic E-state index is -0.592. The Bertz CT molecular complexity index is 1090. The van der Waals surface area contributed by atoms with Crippen molar-refractivity contribution < 1.29 is 8.78 Å². The fourth-order valence-corrected chi connectivity index (χ4v) is 3.87. The fourth-order valence-electron chi connectivity index (χ4n) is 3.05. The molecule has 0 bridgehead atoms. The zero-order valence-corrected chi connectivity index (χ0v) is 15.7. The van der Waals surface area contributed by atoms with E-state index in [0.717, 1.165) is 32.4 Å². The van der Waals surface area contributed by atoms with Gasteiger partial charge < -0.3 is 11.1 Å². The van der Waals surface area contributed by atoms with E-state index in [9.17, 15) is 8.78 Å². The SMILES string of the molecule is N[C@@H](CNc1ncc(-c2ccc3cnccc3c2)s1)Cc1cc(F)cc(F)c1. The van der Waals surface area contributed by atoms with Gasteiger partial charge in [-0.25, -0.2) is 13.8 Å². The monoisotopic (exact) mass is 396 g/mol. The average molecular weight is 396 g/mol. The highest BCUT2D eigenvalue weighted by Gasteiger charge is 2.10. The molecular formula is C21H18F2N4S. The maximum atomic E-state index is 13.3. The molecule has 1 atom stereocenters. The molecule has 0 aliphatic heterocycles. The lowest BCUT2D eigenvalue weighted by Crippen LogP contribution is -2.31. The molecular weight excluding hydrogens is 378 g/mol. The molecule has 7 heteroatoms. The van der Waals surface area contributed by atoms with E-state index in [1.807, 2.05) is 30.6 Å². The van der Waals surface area contributed by atoms with Gasteiger partial charge in [-0.15, -0.1) is 0 Å². The van der Waals surface area contributed by atoms with Crippen LogP contribution in [-0.2, 0) is 6.42 Å². The minimum absolute atomic E-state index is 0.290. The van der Waals surface area contributed by atoms with Gasteiger partial charge in [0, 0.05) is 42.6 Å². The molecule has 4 rings (SSSR count). The van der Waals surface area contributed by atoms with Crippen LogP contribution < -0.4 is 11.1 Å². The second-order valence-corrected chi connectivity index (χ2v) is 7.62. The summed E-state index contributed by atoms with van der Waals surface area (Å²) in [7, 11) is 0. The number of nitrogens with one attached hydrogen (secondary N) is 1. The molecule has 2 heterocycles. The minimum Gasteiger partial charge on any atom is -0.360 e. The van der Waals surface area contributed by atoms with Crippen LogP contribution in [-0.4, -0.2) is 22.6 Å². The maximum Gasteiger partial charge on any atom is 0.183 e. The maximum absolute atomic E-state index is 13.3. The topological polar surface area (TPSA) is 63.8 Å². The highest BCUT2D eigenvalue weighted by atomic mass is 32.1. The van der Waals surface area contributed by atoms with Crippen LogP contribution in [0.2, 0.25) is 0 Å². The van der Waals surface area contributed by atoms with E-state index in [4.69, 9.17) is 5.73 Å². The van der Waals surface area contributed by atoms with E-state index in [0.29, 0.717) is 18.5 Å². The number of thiazole rings is 1. The summed E-state index contributed by atoms with van der Waals surface area (Å²) in [4.78, 5) is 9.57. The standard InChI is InChI=1S/C21H18F2N4S/c22-17-5-13(6-18(23)9-17)7-19(24)11-26-21-27-12-20(28-21)15-1-2-16-10-25-4-3-14(16)8-15/h1-6,8-10,12,19H,7,11,24H2,(H,26,27)/t19-/m1/s1. The Kier molecular flexibility index (Phi) is 5.27. The Morgan fingerprint density at radius 3 is 2.64 bits per heavy atom. The van der Waals surface area contributed by atoms with Crippen LogP contribution in [0.3, 0.4) is 0 Å². The van der Waals surface area contributed by atoms with Gasteiger partial charge in [0.05, 0.1) is 4.88 Å². The van der Waals surface area contributed by atoms with Gasteiger partial charge in [-0.05, 0) is 47.2 Å². The van der Waals surface area contributed by atoms with Gasteiger partial charge in [0.15, 0.2) is 5.13 Å². The first kappa shape index (κ1) is 18.5. The van der Waals surface area contributed by atoms with E-state index in [-0.39, 0.29) is 6.04 Å². The molecule has 4 nitrogen and oxygen atoms in total. The van der Waals surface area contributed by atoms with Gasteiger partial charge in [0.2, 0.25) is 0 Å². The van der Waals surface area contributed by atoms with E-state index < -0.39 is 11.6 Å². The summed E-state index contributed by atoms with van der Waals surface area (Å²) in [6.45, 7) is 0.453. The predicted molar refractivity (Wildman–Crippen MR) is 109 cm³/mol. The number of fused-ring (bicyclic) bond motifs is 1. The summed E-state index contributed by atoms with van der Waals surface area (Å²) in [6.07, 6.45) is 5.81. The molecule has 3 N–H and O–H groups in total. The zero-order chi connectivity index (χ0) is 19.5. The summed E-state index contributed by atoms with van der Waals surface area (Å²) >= 11 is 1.53. The molecule has 0 aliphatic rings. The third kappa shape index (κ3) is 4.32. The van der Waals surface area contributed by atoms with E-state index >= 15 is 0 Å². The van der Waals surface area contributed by atoms with Gasteiger partial charge in [-0.1, -0.05) is 23.5 Å². The summed E-state index contributed by atoms with van der Waals surface area (Å²) in [6, 6.07) is 11.4. The quantitative estimate of drug-likeness (QED) is 0.499. The van der Waals surface area contributed by atoms with Gasteiger partial charge in [0.25, 0.3) is 0 Å². The summed E-state index contributed by atoms with van der Waals surface area (Å²) < 4.78 is 26.6. The number of rotatable bonds is 6.